The summed E-state index contributed by atoms with van der Waals surface area (Å²) in [5.41, 5.74) is 0.864. The van der Waals surface area contributed by atoms with Crippen LogP contribution in [0.4, 0.5) is 4.39 Å². The molecule has 1 saturated heterocycles. The van der Waals surface area contributed by atoms with Crippen LogP contribution in [0.15, 0.2) is 46.9 Å². The smallest absolute Gasteiger partial charge is 0.254 e. The van der Waals surface area contributed by atoms with Crippen LogP contribution in [-0.2, 0) is 0 Å². The number of amides is 2. The Morgan fingerprint density at radius 2 is 1.40 bits per heavy atom. The Hall–Kier alpha value is -1.92. The number of rotatable bonds is 2. The lowest BCUT2D eigenvalue weighted by atomic mass is 10.1. The van der Waals surface area contributed by atoms with Crippen LogP contribution in [0, 0.1) is 5.82 Å². The molecule has 2 aromatic rings. The van der Waals surface area contributed by atoms with Gasteiger partial charge in [0.1, 0.15) is 5.82 Å². The molecule has 0 N–H and O–H groups in total. The van der Waals surface area contributed by atoms with E-state index in [9.17, 15) is 14.0 Å². The first-order chi connectivity index (χ1) is 11.9. The highest BCUT2D eigenvalue weighted by molar-refractivity contribution is 9.10. The van der Waals surface area contributed by atoms with Crippen molar-refractivity contribution in [2.45, 2.75) is 0 Å². The summed E-state index contributed by atoms with van der Waals surface area (Å²) in [5, 5.41) is 0.577. The number of benzene rings is 2. The summed E-state index contributed by atoms with van der Waals surface area (Å²) in [6.07, 6.45) is 0. The average molecular weight is 426 g/mol. The summed E-state index contributed by atoms with van der Waals surface area (Å²) in [6, 6.07) is 10.8. The second kappa shape index (κ2) is 7.54. The van der Waals surface area contributed by atoms with Gasteiger partial charge in [-0.2, -0.15) is 0 Å². The van der Waals surface area contributed by atoms with Crippen molar-refractivity contribution in [3.63, 3.8) is 0 Å². The van der Waals surface area contributed by atoms with Gasteiger partial charge in [0.15, 0.2) is 0 Å². The van der Waals surface area contributed by atoms with Gasteiger partial charge in [-0.1, -0.05) is 27.5 Å². The highest BCUT2D eigenvalue weighted by atomic mass is 79.9. The Bertz CT molecular complexity index is 785. The molecule has 4 nitrogen and oxygen atoms in total. The predicted molar refractivity (Wildman–Crippen MR) is 97.4 cm³/mol. The fourth-order valence-electron chi connectivity index (χ4n) is 2.75. The first-order valence-corrected chi connectivity index (χ1v) is 8.91. The molecule has 0 bridgehead atoms. The van der Waals surface area contributed by atoms with Gasteiger partial charge in [0.2, 0.25) is 0 Å². The zero-order valence-corrected chi connectivity index (χ0v) is 15.6. The number of nitrogens with zero attached hydrogens (tertiary/aromatic N) is 2. The van der Waals surface area contributed by atoms with E-state index < -0.39 is 5.82 Å². The molecule has 3 rings (SSSR count). The van der Waals surface area contributed by atoms with E-state index in [0.29, 0.717) is 46.8 Å². The third kappa shape index (κ3) is 4.19. The quantitative estimate of drug-likeness (QED) is 0.733. The van der Waals surface area contributed by atoms with Gasteiger partial charge in [-0.3, -0.25) is 9.59 Å². The molecule has 25 heavy (non-hydrogen) atoms. The lowest BCUT2D eigenvalue weighted by Crippen LogP contribution is -2.50. The number of carbonyl (C=O) groups excluding carboxylic acids is 2. The zero-order chi connectivity index (χ0) is 18.0. The van der Waals surface area contributed by atoms with E-state index >= 15 is 0 Å². The van der Waals surface area contributed by atoms with Gasteiger partial charge in [0.05, 0.1) is 0 Å². The largest absolute Gasteiger partial charge is 0.335 e. The molecule has 0 atom stereocenters. The van der Waals surface area contributed by atoms with E-state index in [1.54, 1.807) is 40.1 Å². The molecule has 2 amide bonds. The monoisotopic (exact) mass is 424 g/mol. The topological polar surface area (TPSA) is 40.6 Å². The Balaban J connectivity index is 1.64. The van der Waals surface area contributed by atoms with Crippen LogP contribution in [0.5, 0.6) is 0 Å². The fourth-order valence-corrected chi connectivity index (χ4v) is 3.34. The summed E-state index contributed by atoms with van der Waals surface area (Å²) in [4.78, 5) is 28.3. The maximum atomic E-state index is 13.5. The van der Waals surface area contributed by atoms with Crippen molar-refractivity contribution in [1.82, 2.24) is 9.80 Å². The number of hydrogen-bond acceptors (Lipinski definition) is 2. The number of piperazine rings is 1. The maximum absolute atomic E-state index is 13.5. The molecule has 0 radical (unpaired) electrons. The molecular weight excluding hydrogens is 411 g/mol. The number of hydrogen-bond donors (Lipinski definition) is 0. The molecular formula is C18H15BrClFN2O2. The molecule has 1 aliphatic rings. The molecule has 7 heteroatoms. The summed E-state index contributed by atoms with van der Waals surface area (Å²) in [6.45, 7) is 1.69. The summed E-state index contributed by atoms with van der Waals surface area (Å²) in [7, 11) is 0. The van der Waals surface area contributed by atoms with Crippen LogP contribution in [0.3, 0.4) is 0 Å². The Morgan fingerprint density at radius 1 is 0.880 bits per heavy atom. The summed E-state index contributed by atoms with van der Waals surface area (Å²) < 4.78 is 14.0. The van der Waals surface area contributed by atoms with Crippen LogP contribution < -0.4 is 0 Å². The van der Waals surface area contributed by atoms with E-state index in [1.165, 1.54) is 12.1 Å². The number of carbonyl (C=O) groups is 2. The summed E-state index contributed by atoms with van der Waals surface area (Å²) >= 11 is 9.03. The minimum atomic E-state index is -0.464. The fraction of sp³-hybridized carbons (Fsp3) is 0.222. The van der Waals surface area contributed by atoms with Crippen LogP contribution in [0.2, 0.25) is 5.02 Å². The Labute approximate surface area is 158 Å². The average Bonchev–Trinajstić information content (AvgIpc) is 2.60. The van der Waals surface area contributed by atoms with Crippen molar-refractivity contribution >= 4 is 39.3 Å². The highest BCUT2D eigenvalue weighted by Crippen LogP contribution is 2.18. The molecule has 0 saturated carbocycles. The van der Waals surface area contributed by atoms with Crippen molar-refractivity contribution in [3.8, 4) is 0 Å². The highest BCUT2D eigenvalue weighted by Gasteiger charge is 2.25. The van der Waals surface area contributed by atoms with Gasteiger partial charge in [0.25, 0.3) is 11.8 Å². The van der Waals surface area contributed by atoms with Crippen molar-refractivity contribution in [2.75, 3.05) is 26.2 Å². The normalized spacial score (nSPS) is 14.5. The maximum Gasteiger partial charge on any atom is 0.254 e. The standard InChI is InChI=1S/C18H15BrClFN2O2/c19-14-9-13(10-16(21)11-14)18(25)23-7-5-22(6-8-23)17(24)12-1-3-15(20)4-2-12/h1-4,9-11H,5-8H2. The van der Waals surface area contributed by atoms with Crippen LogP contribution >= 0.6 is 27.5 Å². The lowest BCUT2D eigenvalue weighted by molar-refractivity contribution is 0.0535. The van der Waals surface area contributed by atoms with Crippen molar-refractivity contribution in [1.29, 1.82) is 0 Å². The second-order valence-corrected chi connectivity index (χ2v) is 7.10. The van der Waals surface area contributed by atoms with Crippen molar-refractivity contribution in [2.24, 2.45) is 0 Å². The van der Waals surface area contributed by atoms with Crippen LogP contribution in [0.1, 0.15) is 20.7 Å². The van der Waals surface area contributed by atoms with Crippen LogP contribution in [-0.4, -0.2) is 47.8 Å². The van der Waals surface area contributed by atoms with E-state index in [0.717, 1.165) is 0 Å². The van der Waals surface area contributed by atoms with Crippen molar-refractivity contribution < 1.29 is 14.0 Å². The lowest BCUT2D eigenvalue weighted by Gasteiger charge is -2.35. The second-order valence-electron chi connectivity index (χ2n) is 5.75. The van der Waals surface area contributed by atoms with Crippen molar-refractivity contribution in [3.05, 3.63) is 68.9 Å². The SMILES string of the molecule is O=C(c1ccc(Cl)cc1)N1CCN(C(=O)c2cc(F)cc(Br)c2)CC1. The molecule has 0 aliphatic carbocycles. The number of halogens is 3. The minimum absolute atomic E-state index is 0.0859. The molecule has 0 aromatic heterocycles. The third-order valence-corrected chi connectivity index (χ3v) is 4.76. The van der Waals surface area contributed by atoms with Gasteiger partial charge in [-0.25, -0.2) is 4.39 Å². The molecule has 1 fully saturated rings. The van der Waals surface area contributed by atoms with Gasteiger partial charge in [-0.15, -0.1) is 0 Å². The molecule has 130 valence electrons. The molecule has 1 aliphatic heterocycles. The van der Waals surface area contributed by atoms with Gasteiger partial charge >= 0.3 is 0 Å². The van der Waals surface area contributed by atoms with E-state index in [1.807, 2.05) is 0 Å². The van der Waals surface area contributed by atoms with E-state index in [2.05, 4.69) is 15.9 Å². The Morgan fingerprint density at radius 3 is 1.92 bits per heavy atom. The minimum Gasteiger partial charge on any atom is -0.335 e. The van der Waals surface area contributed by atoms with Gasteiger partial charge in [0, 0.05) is 46.8 Å². The summed E-state index contributed by atoms with van der Waals surface area (Å²) in [5.74, 6) is -0.787. The molecule has 2 aromatic carbocycles. The zero-order valence-electron chi connectivity index (χ0n) is 13.2. The first kappa shape index (κ1) is 17.9. The molecule has 0 unspecified atom stereocenters. The van der Waals surface area contributed by atoms with E-state index in [4.69, 9.17) is 11.6 Å². The van der Waals surface area contributed by atoms with Gasteiger partial charge in [-0.05, 0) is 42.5 Å². The third-order valence-electron chi connectivity index (χ3n) is 4.05. The first-order valence-electron chi connectivity index (χ1n) is 7.74. The predicted octanol–water partition coefficient (Wildman–Crippen LogP) is 3.84. The molecule has 1 heterocycles. The molecule has 0 spiro atoms. The Kier molecular flexibility index (Phi) is 5.39. The van der Waals surface area contributed by atoms with Gasteiger partial charge < -0.3 is 9.80 Å². The van der Waals surface area contributed by atoms with Crippen LogP contribution in [0.25, 0.3) is 0 Å². The van der Waals surface area contributed by atoms with E-state index in [-0.39, 0.29) is 11.8 Å².